The first-order chi connectivity index (χ1) is 10.2. The summed E-state index contributed by atoms with van der Waals surface area (Å²) in [5.41, 5.74) is 1.01. The monoisotopic (exact) mass is 283 g/mol. The van der Waals surface area contributed by atoms with E-state index in [-0.39, 0.29) is 18.3 Å². The minimum atomic E-state index is -0.445. The van der Waals surface area contributed by atoms with Crippen molar-refractivity contribution in [1.82, 2.24) is 4.57 Å². The van der Waals surface area contributed by atoms with Gasteiger partial charge < -0.3 is 9.15 Å². The van der Waals surface area contributed by atoms with Crippen molar-refractivity contribution >= 4 is 22.8 Å². The maximum absolute atomic E-state index is 12.4. The molecule has 0 unspecified atom stereocenters. The Labute approximate surface area is 120 Å². The number of hydrogen-bond donors (Lipinski definition) is 0. The van der Waals surface area contributed by atoms with Crippen molar-refractivity contribution in [2.24, 2.45) is 0 Å². The van der Waals surface area contributed by atoms with Gasteiger partial charge in [0, 0.05) is 11.6 Å². The lowest BCUT2D eigenvalue weighted by atomic mass is 10.2. The van der Waals surface area contributed by atoms with Crippen LogP contribution in [0.4, 0.5) is 0 Å². The summed E-state index contributed by atoms with van der Waals surface area (Å²) in [6.07, 6.45) is 2.93. The average molecular weight is 283 g/mol. The molecule has 0 radical (unpaired) electrons. The van der Waals surface area contributed by atoms with Crippen LogP contribution in [0.2, 0.25) is 0 Å². The number of furan rings is 1. The molecule has 0 amide bonds. The Morgan fingerprint density at radius 3 is 2.71 bits per heavy atom. The Bertz CT molecular complexity index is 799. The summed E-state index contributed by atoms with van der Waals surface area (Å²) >= 11 is 0. The molecule has 5 heteroatoms. The highest BCUT2D eigenvalue weighted by Crippen LogP contribution is 2.23. The number of ether oxygens (including phenoxy) is 1. The maximum atomic E-state index is 12.4. The zero-order valence-corrected chi connectivity index (χ0v) is 11.4. The lowest BCUT2D eigenvalue weighted by Gasteiger charge is -2.00. The third-order valence-corrected chi connectivity index (χ3v) is 3.16. The topological polar surface area (TPSA) is 61.4 Å². The predicted molar refractivity (Wildman–Crippen MR) is 76.3 cm³/mol. The fourth-order valence-electron chi connectivity index (χ4n) is 2.24. The van der Waals surface area contributed by atoms with Gasteiger partial charge in [0.2, 0.25) is 0 Å². The molecule has 0 N–H and O–H groups in total. The standard InChI is InChI=1S/C16H13NO4/c1-2-20-16(19)12-10-17(13-7-4-3-6-11(12)13)15(18)14-8-5-9-21-14/h3-10H,2H2,1H3. The molecule has 0 spiro atoms. The van der Waals surface area contributed by atoms with Crippen LogP contribution in [0, 0.1) is 0 Å². The van der Waals surface area contributed by atoms with Gasteiger partial charge in [-0.05, 0) is 25.1 Å². The van der Waals surface area contributed by atoms with Crippen LogP contribution >= 0.6 is 0 Å². The molecule has 2 aromatic heterocycles. The van der Waals surface area contributed by atoms with Crippen LogP contribution in [-0.4, -0.2) is 23.1 Å². The molecule has 0 fully saturated rings. The molecule has 2 heterocycles. The molecule has 5 nitrogen and oxygen atoms in total. The van der Waals surface area contributed by atoms with Crippen molar-refractivity contribution in [3.05, 3.63) is 60.2 Å². The summed E-state index contributed by atoms with van der Waals surface area (Å²) in [4.78, 5) is 24.4. The van der Waals surface area contributed by atoms with E-state index in [4.69, 9.17) is 9.15 Å². The molecule has 3 rings (SSSR count). The van der Waals surface area contributed by atoms with Crippen LogP contribution in [0.3, 0.4) is 0 Å². The van der Waals surface area contributed by atoms with Crippen molar-refractivity contribution in [2.45, 2.75) is 6.92 Å². The van der Waals surface area contributed by atoms with E-state index in [1.165, 1.54) is 17.0 Å². The predicted octanol–water partition coefficient (Wildman–Crippen LogP) is 3.10. The largest absolute Gasteiger partial charge is 0.462 e. The Morgan fingerprint density at radius 1 is 1.19 bits per heavy atom. The van der Waals surface area contributed by atoms with Gasteiger partial charge in [-0.15, -0.1) is 0 Å². The van der Waals surface area contributed by atoms with Gasteiger partial charge in [0.15, 0.2) is 5.76 Å². The SMILES string of the molecule is CCOC(=O)c1cn(C(=O)c2ccco2)c2ccccc12. The van der Waals surface area contributed by atoms with Gasteiger partial charge in [-0.3, -0.25) is 9.36 Å². The van der Waals surface area contributed by atoms with E-state index in [9.17, 15) is 9.59 Å². The van der Waals surface area contributed by atoms with Crippen LogP contribution in [0.5, 0.6) is 0 Å². The Morgan fingerprint density at radius 2 is 2.00 bits per heavy atom. The molecule has 0 aliphatic heterocycles. The number of para-hydroxylation sites is 1. The van der Waals surface area contributed by atoms with Crippen LogP contribution in [-0.2, 0) is 4.74 Å². The summed E-state index contributed by atoms with van der Waals surface area (Å²) in [7, 11) is 0. The lowest BCUT2D eigenvalue weighted by molar-refractivity contribution is 0.0528. The second-order valence-corrected chi connectivity index (χ2v) is 4.43. The van der Waals surface area contributed by atoms with Crippen LogP contribution in [0.25, 0.3) is 10.9 Å². The molecule has 3 aromatic rings. The van der Waals surface area contributed by atoms with E-state index in [0.29, 0.717) is 16.5 Å². The van der Waals surface area contributed by atoms with Gasteiger partial charge >= 0.3 is 5.97 Å². The second-order valence-electron chi connectivity index (χ2n) is 4.43. The average Bonchev–Trinajstić information content (AvgIpc) is 3.15. The normalized spacial score (nSPS) is 10.7. The van der Waals surface area contributed by atoms with Gasteiger partial charge in [-0.2, -0.15) is 0 Å². The zero-order chi connectivity index (χ0) is 14.8. The van der Waals surface area contributed by atoms with Crippen molar-refractivity contribution in [2.75, 3.05) is 6.61 Å². The third kappa shape index (κ3) is 2.23. The molecule has 0 atom stereocenters. The van der Waals surface area contributed by atoms with E-state index >= 15 is 0 Å². The molecule has 21 heavy (non-hydrogen) atoms. The van der Waals surface area contributed by atoms with Gasteiger partial charge in [-0.1, -0.05) is 18.2 Å². The van der Waals surface area contributed by atoms with E-state index in [1.807, 2.05) is 12.1 Å². The number of fused-ring (bicyclic) bond motifs is 1. The first kappa shape index (κ1) is 13.2. The van der Waals surface area contributed by atoms with E-state index in [2.05, 4.69) is 0 Å². The molecular weight excluding hydrogens is 270 g/mol. The molecule has 0 bridgehead atoms. The fourth-order valence-corrected chi connectivity index (χ4v) is 2.24. The minimum absolute atomic E-state index is 0.214. The van der Waals surface area contributed by atoms with Crippen molar-refractivity contribution < 1.29 is 18.7 Å². The molecule has 0 aliphatic carbocycles. The summed E-state index contributed by atoms with van der Waals surface area (Å²) in [6, 6.07) is 10.4. The van der Waals surface area contributed by atoms with Gasteiger partial charge in [0.05, 0.1) is 24.0 Å². The Balaban J connectivity index is 2.15. The zero-order valence-electron chi connectivity index (χ0n) is 11.4. The molecular formula is C16H13NO4. The number of rotatable bonds is 3. The molecule has 0 saturated carbocycles. The fraction of sp³-hybridized carbons (Fsp3) is 0.125. The minimum Gasteiger partial charge on any atom is -0.462 e. The maximum Gasteiger partial charge on any atom is 0.340 e. The summed E-state index contributed by atoms with van der Waals surface area (Å²) in [5.74, 6) is -0.558. The summed E-state index contributed by atoms with van der Waals surface area (Å²) < 4.78 is 11.6. The van der Waals surface area contributed by atoms with E-state index in [0.717, 1.165) is 0 Å². The highest BCUT2D eigenvalue weighted by molar-refractivity contribution is 6.09. The van der Waals surface area contributed by atoms with Gasteiger partial charge in [0.1, 0.15) is 0 Å². The van der Waals surface area contributed by atoms with Crippen molar-refractivity contribution in [3.63, 3.8) is 0 Å². The number of nitrogens with zero attached hydrogens (tertiary/aromatic N) is 1. The van der Waals surface area contributed by atoms with Gasteiger partial charge in [0.25, 0.3) is 5.91 Å². The molecule has 106 valence electrons. The highest BCUT2D eigenvalue weighted by Gasteiger charge is 2.20. The highest BCUT2D eigenvalue weighted by atomic mass is 16.5. The van der Waals surface area contributed by atoms with E-state index in [1.54, 1.807) is 31.2 Å². The Hall–Kier alpha value is -2.82. The van der Waals surface area contributed by atoms with Crippen LogP contribution < -0.4 is 0 Å². The molecule has 1 aromatic carbocycles. The number of carbonyl (C=O) groups is 2. The summed E-state index contributed by atoms with van der Waals surface area (Å²) in [5, 5.41) is 0.677. The Kier molecular flexibility index (Phi) is 3.31. The lowest BCUT2D eigenvalue weighted by Crippen LogP contribution is -2.10. The number of aromatic nitrogens is 1. The molecule has 0 aliphatic rings. The van der Waals surface area contributed by atoms with Crippen molar-refractivity contribution in [3.8, 4) is 0 Å². The van der Waals surface area contributed by atoms with Crippen molar-refractivity contribution in [1.29, 1.82) is 0 Å². The first-order valence-corrected chi connectivity index (χ1v) is 6.57. The van der Waals surface area contributed by atoms with E-state index < -0.39 is 5.97 Å². The number of esters is 1. The van der Waals surface area contributed by atoms with Gasteiger partial charge in [-0.25, -0.2) is 4.79 Å². The summed E-state index contributed by atoms with van der Waals surface area (Å²) in [6.45, 7) is 2.02. The number of hydrogen-bond acceptors (Lipinski definition) is 4. The first-order valence-electron chi connectivity index (χ1n) is 6.57. The number of carbonyl (C=O) groups excluding carboxylic acids is 2. The van der Waals surface area contributed by atoms with Crippen LogP contribution in [0.15, 0.2) is 53.3 Å². The smallest absolute Gasteiger partial charge is 0.340 e. The van der Waals surface area contributed by atoms with Crippen LogP contribution in [0.1, 0.15) is 27.8 Å². The molecule has 0 saturated heterocycles. The quantitative estimate of drug-likeness (QED) is 0.693. The third-order valence-electron chi connectivity index (χ3n) is 3.16. The second kappa shape index (κ2) is 5.28. The number of benzene rings is 1.